The van der Waals surface area contributed by atoms with Gasteiger partial charge < -0.3 is 19.0 Å². The molecule has 0 spiro atoms. The lowest BCUT2D eigenvalue weighted by molar-refractivity contribution is -0.142. The molecular formula is C26H25NO7S. The highest BCUT2D eigenvalue weighted by Crippen LogP contribution is 2.44. The summed E-state index contributed by atoms with van der Waals surface area (Å²) in [6.07, 6.45) is 0.250. The molecule has 1 amide bonds. The molecular weight excluding hydrogens is 470 g/mol. The molecule has 0 bridgehead atoms. The SMILES string of the molecule is COC(=O)C(CNC(=O)OCC1c2ccccc2-c2ccccc21)c1cccc(OS(C)(=O)=O)c1. The summed E-state index contributed by atoms with van der Waals surface area (Å²) in [4.78, 5) is 24.9. The molecule has 1 atom stereocenters. The van der Waals surface area contributed by atoms with E-state index in [1.54, 1.807) is 12.1 Å². The fourth-order valence-electron chi connectivity index (χ4n) is 4.27. The molecule has 0 radical (unpaired) electrons. The highest BCUT2D eigenvalue weighted by molar-refractivity contribution is 7.86. The number of fused-ring (bicyclic) bond motifs is 3. The van der Waals surface area contributed by atoms with Gasteiger partial charge in [0.25, 0.3) is 0 Å². The Hall–Kier alpha value is -3.85. The lowest BCUT2D eigenvalue weighted by Gasteiger charge is -2.18. The first-order valence-corrected chi connectivity index (χ1v) is 12.7. The van der Waals surface area contributed by atoms with Crippen molar-refractivity contribution in [1.29, 1.82) is 0 Å². The molecule has 35 heavy (non-hydrogen) atoms. The van der Waals surface area contributed by atoms with Crippen LogP contribution in [0.5, 0.6) is 5.75 Å². The van der Waals surface area contributed by atoms with Crippen molar-refractivity contribution in [2.75, 3.05) is 26.5 Å². The van der Waals surface area contributed by atoms with E-state index in [4.69, 9.17) is 13.7 Å². The molecule has 3 aromatic carbocycles. The average Bonchev–Trinajstić information content (AvgIpc) is 3.15. The zero-order valence-corrected chi connectivity index (χ0v) is 20.1. The largest absolute Gasteiger partial charge is 0.468 e. The Morgan fingerprint density at radius 3 is 2.17 bits per heavy atom. The molecule has 0 aliphatic heterocycles. The third-order valence-electron chi connectivity index (χ3n) is 5.79. The van der Waals surface area contributed by atoms with Gasteiger partial charge in [-0.05, 0) is 39.9 Å². The summed E-state index contributed by atoms with van der Waals surface area (Å²) in [6.45, 7) is 0.0338. The molecule has 8 nitrogen and oxygen atoms in total. The quantitative estimate of drug-likeness (QED) is 0.374. The summed E-state index contributed by atoms with van der Waals surface area (Å²) in [5.41, 5.74) is 4.86. The number of ether oxygens (including phenoxy) is 2. The van der Waals surface area contributed by atoms with E-state index < -0.39 is 28.1 Å². The van der Waals surface area contributed by atoms with E-state index in [9.17, 15) is 18.0 Å². The second-order valence-corrected chi connectivity index (χ2v) is 9.72. The Morgan fingerprint density at radius 1 is 0.943 bits per heavy atom. The number of benzene rings is 3. The van der Waals surface area contributed by atoms with E-state index in [-0.39, 0.29) is 24.8 Å². The highest BCUT2D eigenvalue weighted by Gasteiger charge is 2.29. The van der Waals surface area contributed by atoms with Crippen molar-refractivity contribution < 1.29 is 31.7 Å². The van der Waals surface area contributed by atoms with Gasteiger partial charge in [-0.25, -0.2) is 4.79 Å². The number of hydrogen-bond acceptors (Lipinski definition) is 7. The summed E-state index contributed by atoms with van der Waals surface area (Å²) in [5.74, 6) is -1.52. The summed E-state index contributed by atoms with van der Waals surface area (Å²) in [6, 6.07) is 22.1. The minimum Gasteiger partial charge on any atom is -0.468 e. The van der Waals surface area contributed by atoms with E-state index in [1.807, 2.05) is 36.4 Å². The first-order chi connectivity index (χ1) is 16.8. The molecule has 182 valence electrons. The van der Waals surface area contributed by atoms with Gasteiger partial charge in [0.2, 0.25) is 0 Å². The molecule has 1 N–H and O–H groups in total. The molecule has 0 saturated heterocycles. The minimum absolute atomic E-state index is 0.0556. The number of rotatable bonds is 8. The smallest absolute Gasteiger partial charge is 0.407 e. The maximum atomic E-state index is 12.5. The third kappa shape index (κ3) is 5.63. The van der Waals surface area contributed by atoms with Crippen molar-refractivity contribution in [3.05, 3.63) is 89.5 Å². The van der Waals surface area contributed by atoms with Crippen molar-refractivity contribution in [2.45, 2.75) is 11.8 Å². The molecule has 9 heteroatoms. The van der Waals surface area contributed by atoms with Gasteiger partial charge in [-0.3, -0.25) is 4.79 Å². The molecule has 4 rings (SSSR count). The Balaban J connectivity index is 1.43. The van der Waals surface area contributed by atoms with Crippen molar-refractivity contribution in [3.63, 3.8) is 0 Å². The number of nitrogens with one attached hydrogen (secondary N) is 1. The number of amides is 1. The second kappa shape index (κ2) is 10.2. The van der Waals surface area contributed by atoms with Crippen molar-refractivity contribution in [2.24, 2.45) is 0 Å². The lowest BCUT2D eigenvalue weighted by Crippen LogP contribution is -2.33. The second-order valence-electron chi connectivity index (χ2n) is 8.14. The van der Waals surface area contributed by atoms with Crippen LogP contribution in [0.2, 0.25) is 0 Å². The normalized spacial score (nSPS) is 13.3. The third-order valence-corrected chi connectivity index (χ3v) is 6.28. The van der Waals surface area contributed by atoms with Gasteiger partial charge in [-0.2, -0.15) is 8.42 Å². The van der Waals surface area contributed by atoms with Crippen LogP contribution in [0, 0.1) is 0 Å². The summed E-state index contributed by atoms with van der Waals surface area (Å²) >= 11 is 0. The van der Waals surface area contributed by atoms with Gasteiger partial charge in [-0.15, -0.1) is 0 Å². The predicted octanol–water partition coefficient (Wildman–Crippen LogP) is 3.82. The first kappa shape index (κ1) is 24.3. The number of hydrogen-bond donors (Lipinski definition) is 1. The van der Waals surface area contributed by atoms with Crippen LogP contribution in [0.1, 0.15) is 28.5 Å². The Morgan fingerprint density at radius 2 is 1.57 bits per heavy atom. The van der Waals surface area contributed by atoms with Gasteiger partial charge in [0.15, 0.2) is 0 Å². The number of carbonyl (C=O) groups is 2. The van der Waals surface area contributed by atoms with Gasteiger partial charge in [-0.1, -0.05) is 60.7 Å². The minimum atomic E-state index is -3.74. The van der Waals surface area contributed by atoms with Gasteiger partial charge in [0.05, 0.1) is 19.3 Å². The molecule has 3 aromatic rings. The van der Waals surface area contributed by atoms with Crippen molar-refractivity contribution >= 4 is 22.2 Å². The van der Waals surface area contributed by atoms with E-state index in [2.05, 4.69) is 17.4 Å². The van der Waals surface area contributed by atoms with Crippen LogP contribution in [0.3, 0.4) is 0 Å². The summed E-state index contributed by atoms with van der Waals surface area (Å²) in [5, 5.41) is 2.62. The molecule has 1 aliphatic carbocycles. The van der Waals surface area contributed by atoms with Gasteiger partial charge >= 0.3 is 22.2 Å². The molecule has 0 heterocycles. The predicted molar refractivity (Wildman–Crippen MR) is 130 cm³/mol. The molecule has 0 aromatic heterocycles. The van der Waals surface area contributed by atoms with Crippen LogP contribution in [0.4, 0.5) is 4.79 Å². The van der Waals surface area contributed by atoms with Crippen LogP contribution in [0.15, 0.2) is 72.8 Å². The van der Waals surface area contributed by atoms with E-state index in [0.717, 1.165) is 28.5 Å². The fraction of sp³-hybridized carbons (Fsp3) is 0.231. The van der Waals surface area contributed by atoms with Gasteiger partial charge in [0.1, 0.15) is 12.4 Å². The zero-order valence-electron chi connectivity index (χ0n) is 19.3. The van der Waals surface area contributed by atoms with Crippen molar-refractivity contribution in [3.8, 4) is 16.9 Å². The molecule has 0 saturated carbocycles. The molecule has 1 unspecified atom stereocenters. The zero-order chi connectivity index (χ0) is 25.0. The highest BCUT2D eigenvalue weighted by atomic mass is 32.2. The maximum Gasteiger partial charge on any atom is 0.407 e. The van der Waals surface area contributed by atoms with Crippen molar-refractivity contribution in [1.82, 2.24) is 5.32 Å². The maximum absolute atomic E-state index is 12.5. The van der Waals surface area contributed by atoms with Gasteiger partial charge in [0, 0.05) is 12.5 Å². The van der Waals surface area contributed by atoms with E-state index in [1.165, 1.54) is 19.2 Å². The average molecular weight is 496 g/mol. The van der Waals surface area contributed by atoms with E-state index >= 15 is 0 Å². The number of esters is 1. The van der Waals surface area contributed by atoms with Crippen LogP contribution in [0.25, 0.3) is 11.1 Å². The Kier molecular flexibility index (Phi) is 7.07. The summed E-state index contributed by atoms with van der Waals surface area (Å²) in [7, 11) is -2.50. The molecule has 0 fully saturated rings. The Bertz CT molecular complexity index is 1310. The fourth-order valence-corrected chi connectivity index (χ4v) is 4.73. The van der Waals surface area contributed by atoms with E-state index in [0.29, 0.717) is 5.56 Å². The van der Waals surface area contributed by atoms with Crippen LogP contribution < -0.4 is 9.50 Å². The Labute approximate surface area is 204 Å². The van der Waals surface area contributed by atoms with Crippen LogP contribution in [-0.2, 0) is 24.4 Å². The monoisotopic (exact) mass is 495 g/mol. The number of methoxy groups -OCH3 is 1. The van der Waals surface area contributed by atoms with Crippen LogP contribution >= 0.6 is 0 Å². The molecule has 1 aliphatic rings. The summed E-state index contributed by atoms with van der Waals surface area (Å²) < 4.78 is 38.2. The standard InChI is InChI=1S/C26H25NO7S/c1-32-25(28)23(17-8-7-9-18(14-17)34-35(2,30)31)15-27-26(29)33-16-24-21-12-5-3-10-19(21)20-11-4-6-13-22(20)24/h3-14,23-24H,15-16H2,1-2H3,(H,27,29). The van der Waals surface area contributed by atoms with Crippen LogP contribution in [-0.4, -0.2) is 47.0 Å². The number of carbonyl (C=O) groups excluding carboxylic acids is 2. The topological polar surface area (TPSA) is 108 Å². The number of alkyl carbamates (subject to hydrolysis) is 1. The lowest BCUT2D eigenvalue weighted by atomic mass is 9.98. The first-order valence-electron chi connectivity index (χ1n) is 10.9.